The molecule has 1 aromatic heterocycles. The van der Waals surface area contributed by atoms with Gasteiger partial charge in [-0.15, -0.1) is 11.3 Å². The Morgan fingerprint density at radius 2 is 2.08 bits per heavy atom. The number of piperidine rings is 1. The number of likely N-dealkylation sites (tertiary alicyclic amines) is 1. The number of nitrogens with zero attached hydrogens (tertiary/aromatic N) is 2. The van der Waals surface area contributed by atoms with Crippen molar-refractivity contribution in [1.29, 1.82) is 0 Å². The summed E-state index contributed by atoms with van der Waals surface area (Å²) in [6.07, 6.45) is 3.29. The summed E-state index contributed by atoms with van der Waals surface area (Å²) in [6, 6.07) is 7.04. The van der Waals surface area contributed by atoms with Gasteiger partial charge in [0.15, 0.2) is 0 Å². The smallest absolute Gasteiger partial charge is 0.335 e. The van der Waals surface area contributed by atoms with Gasteiger partial charge in [0.2, 0.25) is 5.91 Å². The fourth-order valence-corrected chi connectivity index (χ4v) is 4.10. The van der Waals surface area contributed by atoms with Crippen LogP contribution in [0.1, 0.15) is 51.7 Å². The molecule has 0 bridgehead atoms. The van der Waals surface area contributed by atoms with Crippen LogP contribution in [-0.4, -0.2) is 40.0 Å². The summed E-state index contributed by atoms with van der Waals surface area (Å²) in [5, 5.41) is 9.00. The van der Waals surface area contributed by atoms with E-state index in [0.717, 1.165) is 37.1 Å². The number of amides is 1. The molecule has 0 aliphatic carbocycles. The van der Waals surface area contributed by atoms with E-state index in [0.29, 0.717) is 18.5 Å². The predicted octanol–water partition coefficient (Wildman–Crippen LogP) is 3.49. The maximum absolute atomic E-state index is 12.6. The van der Waals surface area contributed by atoms with Crippen molar-refractivity contribution in [2.75, 3.05) is 13.1 Å². The number of carboxylic acids is 1. The maximum Gasteiger partial charge on any atom is 0.335 e. The van der Waals surface area contributed by atoms with Crippen molar-refractivity contribution >= 4 is 23.2 Å². The van der Waals surface area contributed by atoms with Gasteiger partial charge in [0.1, 0.15) is 0 Å². The molecule has 1 N–H and O–H groups in total. The summed E-state index contributed by atoms with van der Waals surface area (Å²) in [4.78, 5) is 30.9. The van der Waals surface area contributed by atoms with Crippen LogP contribution in [0.4, 0.5) is 0 Å². The van der Waals surface area contributed by atoms with Gasteiger partial charge in [-0.2, -0.15) is 0 Å². The number of aryl methyl sites for hydroxylation is 2. The molecule has 1 amide bonds. The van der Waals surface area contributed by atoms with E-state index in [9.17, 15) is 9.59 Å². The quantitative estimate of drug-likeness (QED) is 0.888. The molecule has 0 radical (unpaired) electrons. The van der Waals surface area contributed by atoms with E-state index in [4.69, 9.17) is 5.11 Å². The average molecular weight is 358 g/mol. The number of rotatable bonds is 5. The van der Waals surface area contributed by atoms with Gasteiger partial charge in [0.25, 0.3) is 0 Å². The Morgan fingerprint density at radius 1 is 1.32 bits per heavy atom. The van der Waals surface area contributed by atoms with Crippen LogP contribution in [0.3, 0.4) is 0 Å². The second-order valence-electron chi connectivity index (χ2n) is 6.47. The summed E-state index contributed by atoms with van der Waals surface area (Å²) in [5.74, 6) is -0.435. The number of aromatic nitrogens is 1. The average Bonchev–Trinajstić information content (AvgIpc) is 3.05. The Morgan fingerprint density at radius 3 is 2.72 bits per heavy atom. The highest BCUT2D eigenvalue weighted by Gasteiger charge is 2.24. The molecular weight excluding hydrogens is 336 g/mol. The van der Waals surface area contributed by atoms with Crippen LogP contribution in [-0.2, 0) is 11.2 Å². The molecule has 0 saturated carbocycles. The highest BCUT2D eigenvalue weighted by molar-refractivity contribution is 7.09. The fourth-order valence-electron chi connectivity index (χ4n) is 3.32. The van der Waals surface area contributed by atoms with Crippen molar-refractivity contribution in [3.8, 4) is 0 Å². The lowest BCUT2D eigenvalue weighted by molar-refractivity contribution is -0.132. The highest BCUT2D eigenvalue weighted by atomic mass is 32.1. The third kappa shape index (κ3) is 4.25. The van der Waals surface area contributed by atoms with E-state index < -0.39 is 5.97 Å². The van der Waals surface area contributed by atoms with Crippen LogP contribution in [0, 0.1) is 6.92 Å². The molecule has 2 heterocycles. The Kier molecular flexibility index (Phi) is 5.48. The zero-order valence-corrected chi connectivity index (χ0v) is 15.1. The molecule has 1 aromatic carbocycles. The number of thiazole rings is 1. The molecule has 1 fully saturated rings. The summed E-state index contributed by atoms with van der Waals surface area (Å²) in [6.45, 7) is 3.51. The molecule has 2 aromatic rings. The standard InChI is InChI=1S/C19H22N2O3S/c1-13-17(25-12-20-13)8-9-18(22)21-10-2-3-16(11-21)14-4-6-15(7-5-14)19(23)24/h4-7,12,16H,2-3,8-11H2,1H3,(H,23,24)/t16-/m1/s1. The minimum absolute atomic E-state index is 0.194. The molecule has 0 spiro atoms. The second-order valence-corrected chi connectivity index (χ2v) is 7.41. The number of benzene rings is 1. The van der Waals surface area contributed by atoms with Gasteiger partial charge in [-0.05, 0) is 43.9 Å². The van der Waals surface area contributed by atoms with Crippen molar-refractivity contribution in [1.82, 2.24) is 9.88 Å². The Bertz CT molecular complexity index is 754. The van der Waals surface area contributed by atoms with Crippen molar-refractivity contribution in [2.45, 2.75) is 38.5 Å². The first-order chi connectivity index (χ1) is 12.0. The first-order valence-electron chi connectivity index (χ1n) is 8.54. The van der Waals surface area contributed by atoms with Crippen LogP contribution in [0.25, 0.3) is 0 Å². The van der Waals surface area contributed by atoms with E-state index in [1.165, 1.54) is 4.88 Å². The van der Waals surface area contributed by atoms with E-state index >= 15 is 0 Å². The predicted molar refractivity (Wildman–Crippen MR) is 97.1 cm³/mol. The van der Waals surface area contributed by atoms with Crippen molar-refractivity contribution < 1.29 is 14.7 Å². The van der Waals surface area contributed by atoms with Gasteiger partial charge in [0, 0.05) is 30.3 Å². The topological polar surface area (TPSA) is 70.5 Å². The van der Waals surface area contributed by atoms with Crippen LogP contribution in [0.2, 0.25) is 0 Å². The van der Waals surface area contributed by atoms with Gasteiger partial charge in [-0.25, -0.2) is 9.78 Å². The zero-order chi connectivity index (χ0) is 17.8. The monoisotopic (exact) mass is 358 g/mol. The zero-order valence-electron chi connectivity index (χ0n) is 14.3. The van der Waals surface area contributed by atoms with Gasteiger partial charge >= 0.3 is 5.97 Å². The van der Waals surface area contributed by atoms with Crippen LogP contribution in [0.5, 0.6) is 0 Å². The largest absolute Gasteiger partial charge is 0.478 e. The number of carboxylic acid groups (broad SMARTS) is 1. The van der Waals surface area contributed by atoms with Crippen molar-refractivity contribution in [2.24, 2.45) is 0 Å². The molecule has 3 rings (SSSR count). The number of aromatic carboxylic acids is 1. The molecule has 1 saturated heterocycles. The lowest BCUT2D eigenvalue weighted by Gasteiger charge is -2.33. The summed E-state index contributed by atoms with van der Waals surface area (Å²) < 4.78 is 0. The molecule has 25 heavy (non-hydrogen) atoms. The third-order valence-corrected chi connectivity index (χ3v) is 5.81. The van der Waals surface area contributed by atoms with E-state index in [1.807, 2.05) is 29.5 Å². The molecular formula is C19H22N2O3S. The van der Waals surface area contributed by atoms with Crippen LogP contribution < -0.4 is 0 Å². The molecule has 5 nitrogen and oxygen atoms in total. The summed E-state index contributed by atoms with van der Waals surface area (Å²) >= 11 is 1.61. The van der Waals surface area contributed by atoms with Crippen LogP contribution >= 0.6 is 11.3 Å². The van der Waals surface area contributed by atoms with Crippen molar-refractivity contribution in [3.05, 3.63) is 51.5 Å². The minimum Gasteiger partial charge on any atom is -0.478 e. The Labute approximate surface area is 151 Å². The normalized spacial score (nSPS) is 17.5. The van der Waals surface area contributed by atoms with Gasteiger partial charge < -0.3 is 10.0 Å². The molecule has 1 atom stereocenters. The number of hydrogen-bond donors (Lipinski definition) is 1. The minimum atomic E-state index is -0.912. The molecule has 6 heteroatoms. The molecule has 1 aliphatic heterocycles. The Hall–Kier alpha value is -2.21. The number of hydrogen-bond acceptors (Lipinski definition) is 4. The van der Waals surface area contributed by atoms with Gasteiger partial charge in [-0.1, -0.05) is 12.1 Å². The van der Waals surface area contributed by atoms with Crippen LogP contribution in [0.15, 0.2) is 29.8 Å². The number of carbonyl (C=O) groups excluding carboxylic acids is 1. The summed E-state index contributed by atoms with van der Waals surface area (Å²) in [5.41, 5.74) is 4.26. The van der Waals surface area contributed by atoms with Gasteiger partial charge in [-0.3, -0.25) is 4.79 Å². The number of carbonyl (C=O) groups is 2. The SMILES string of the molecule is Cc1ncsc1CCC(=O)N1CCC[C@@H](c2ccc(C(=O)O)cc2)C1. The lowest BCUT2D eigenvalue weighted by Crippen LogP contribution is -2.39. The maximum atomic E-state index is 12.6. The van der Waals surface area contributed by atoms with E-state index in [-0.39, 0.29) is 11.8 Å². The third-order valence-electron chi connectivity index (χ3n) is 4.81. The first kappa shape index (κ1) is 17.6. The summed E-state index contributed by atoms with van der Waals surface area (Å²) in [7, 11) is 0. The highest BCUT2D eigenvalue weighted by Crippen LogP contribution is 2.28. The van der Waals surface area contributed by atoms with E-state index in [2.05, 4.69) is 4.98 Å². The first-order valence-corrected chi connectivity index (χ1v) is 9.42. The van der Waals surface area contributed by atoms with Crippen molar-refractivity contribution in [3.63, 3.8) is 0 Å². The molecule has 1 aliphatic rings. The Balaban J connectivity index is 1.59. The van der Waals surface area contributed by atoms with Gasteiger partial charge in [0.05, 0.1) is 16.8 Å². The van der Waals surface area contributed by atoms with E-state index in [1.54, 1.807) is 23.5 Å². The lowest BCUT2D eigenvalue weighted by atomic mass is 9.90. The second kappa shape index (κ2) is 7.78. The fraction of sp³-hybridized carbons (Fsp3) is 0.421. The molecule has 132 valence electrons. The molecule has 0 unspecified atom stereocenters.